The highest BCUT2D eigenvalue weighted by Crippen LogP contribution is 2.24. The normalized spacial score (nSPS) is 11.4. The van der Waals surface area contributed by atoms with Gasteiger partial charge in [0.1, 0.15) is 18.0 Å². The SMILES string of the molecule is CCCNc1ncnc(NCC(C)(C)CC)c1CC. The summed E-state index contributed by atoms with van der Waals surface area (Å²) in [6, 6.07) is 0. The zero-order valence-electron chi connectivity index (χ0n) is 13.0. The maximum absolute atomic E-state index is 4.39. The van der Waals surface area contributed by atoms with E-state index in [1.54, 1.807) is 6.33 Å². The van der Waals surface area contributed by atoms with Gasteiger partial charge in [-0.15, -0.1) is 0 Å². The number of hydrogen-bond acceptors (Lipinski definition) is 4. The maximum Gasteiger partial charge on any atom is 0.134 e. The van der Waals surface area contributed by atoms with E-state index < -0.39 is 0 Å². The van der Waals surface area contributed by atoms with E-state index in [4.69, 9.17) is 0 Å². The van der Waals surface area contributed by atoms with Crippen LogP contribution in [0, 0.1) is 5.41 Å². The van der Waals surface area contributed by atoms with Crippen LogP contribution in [0.3, 0.4) is 0 Å². The molecular formula is C15H28N4. The molecular weight excluding hydrogens is 236 g/mol. The Morgan fingerprint density at radius 2 is 1.68 bits per heavy atom. The summed E-state index contributed by atoms with van der Waals surface area (Å²) in [4.78, 5) is 8.74. The van der Waals surface area contributed by atoms with Gasteiger partial charge < -0.3 is 10.6 Å². The molecule has 0 bridgehead atoms. The van der Waals surface area contributed by atoms with Crippen LogP contribution in [0.1, 0.15) is 53.0 Å². The predicted octanol–water partition coefficient (Wildman–Crippen LogP) is 3.71. The first-order chi connectivity index (χ1) is 9.04. The fourth-order valence-corrected chi connectivity index (χ4v) is 1.74. The zero-order chi connectivity index (χ0) is 14.3. The summed E-state index contributed by atoms with van der Waals surface area (Å²) in [6.45, 7) is 12.9. The molecule has 4 nitrogen and oxygen atoms in total. The van der Waals surface area contributed by atoms with Crippen LogP contribution in [0.4, 0.5) is 11.6 Å². The lowest BCUT2D eigenvalue weighted by Crippen LogP contribution is -2.23. The van der Waals surface area contributed by atoms with Gasteiger partial charge in [-0.25, -0.2) is 9.97 Å². The molecule has 0 fully saturated rings. The smallest absolute Gasteiger partial charge is 0.134 e. The van der Waals surface area contributed by atoms with Gasteiger partial charge in [-0.05, 0) is 24.7 Å². The Bertz CT molecular complexity index is 388. The van der Waals surface area contributed by atoms with Crippen LogP contribution in [-0.4, -0.2) is 23.1 Å². The molecule has 0 aromatic carbocycles. The van der Waals surface area contributed by atoms with Gasteiger partial charge in [-0.1, -0.05) is 34.6 Å². The maximum atomic E-state index is 4.39. The molecule has 2 N–H and O–H groups in total. The number of nitrogens with one attached hydrogen (secondary N) is 2. The summed E-state index contributed by atoms with van der Waals surface area (Å²) in [7, 11) is 0. The van der Waals surface area contributed by atoms with Gasteiger partial charge in [0, 0.05) is 18.7 Å². The second-order valence-electron chi connectivity index (χ2n) is 5.70. The number of hydrogen-bond donors (Lipinski definition) is 2. The third-order valence-electron chi connectivity index (χ3n) is 3.53. The molecule has 1 heterocycles. The summed E-state index contributed by atoms with van der Waals surface area (Å²) in [6.07, 6.45) is 4.81. The Balaban J connectivity index is 2.82. The highest BCUT2D eigenvalue weighted by molar-refractivity contribution is 5.57. The Morgan fingerprint density at radius 3 is 2.21 bits per heavy atom. The molecule has 0 saturated heterocycles. The summed E-state index contributed by atoms with van der Waals surface area (Å²) in [5.74, 6) is 1.94. The van der Waals surface area contributed by atoms with Gasteiger partial charge in [-0.2, -0.15) is 0 Å². The fourth-order valence-electron chi connectivity index (χ4n) is 1.74. The van der Waals surface area contributed by atoms with E-state index in [9.17, 15) is 0 Å². The van der Waals surface area contributed by atoms with Crippen molar-refractivity contribution in [3.05, 3.63) is 11.9 Å². The van der Waals surface area contributed by atoms with Crippen LogP contribution in [0.25, 0.3) is 0 Å². The first-order valence-corrected chi connectivity index (χ1v) is 7.35. The Labute approximate surface area is 117 Å². The monoisotopic (exact) mass is 264 g/mol. The highest BCUT2D eigenvalue weighted by atomic mass is 15.1. The Hall–Kier alpha value is -1.32. The van der Waals surface area contributed by atoms with Gasteiger partial charge in [0.15, 0.2) is 0 Å². The van der Waals surface area contributed by atoms with Crippen molar-refractivity contribution in [1.29, 1.82) is 0 Å². The lowest BCUT2D eigenvalue weighted by Gasteiger charge is -2.24. The van der Waals surface area contributed by atoms with Crippen molar-refractivity contribution in [1.82, 2.24) is 9.97 Å². The summed E-state index contributed by atoms with van der Waals surface area (Å²) in [5.41, 5.74) is 1.47. The van der Waals surface area contributed by atoms with Crippen LogP contribution in [0.2, 0.25) is 0 Å². The minimum absolute atomic E-state index is 0.285. The van der Waals surface area contributed by atoms with Crippen molar-refractivity contribution in [3.63, 3.8) is 0 Å². The van der Waals surface area contributed by atoms with Gasteiger partial charge in [0.2, 0.25) is 0 Å². The lowest BCUT2D eigenvalue weighted by molar-refractivity contribution is 0.376. The molecule has 4 heteroatoms. The molecule has 0 atom stereocenters. The molecule has 1 rings (SSSR count). The first kappa shape index (κ1) is 15.7. The molecule has 0 amide bonds. The van der Waals surface area contributed by atoms with Crippen molar-refractivity contribution >= 4 is 11.6 Å². The molecule has 1 aromatic rings. The Kier molecular flexibility index (Phi) is 6.06. The van der Waals surface area contributed by atoms with E-state index in [-0.39, 0.29) is 5.41 Å². The van der Waals surface area contributed by atoms with Crippen LogP contribution >= 0.6 is 0 Å². The topological polar surface area (TPSA) is 49.8 Å². The molecule has 108 valence electrons. The molecule has 0 spiro atoms. The second-order valence-corrected chi connectivity index (χ2v) is 5.70. The van der Waals surface area contributed by atoms with Crippen molar-refractivity contribution in [2.24, 2.45) is 5.41 Å². The minimum atomic E-state index is 0.285. The third kappa shape index (κ3) is 4.69. The number of rotatable bonds is 8. The number of nitrogens with zero attached hydrogens (tertiary/aromatic N) is 2. The summed E-state index contributed by atoms with van der Waals surface area (Å²) < 4.78 is 0. The molecule has 1 aromatic heterocycles. The van der Waals surface area contributed by atoms with Crippen LogP contribution in [-0.2, 0) is 6.42 Å². The van der Waals surface area contributed by atoms with Crippen molar-refractivity contribution in [2.75, 3.05) is 23.7 Å². The number of aromatic nitrogens is 2. The van der Waals surface area contributed by atoms with Crippen molar-refractivity contribution < 1.29 is 0 Å². The first-order valence-electron chi connectivity index (χ1n) is 7.35. The fraction of sp³-hybridized carbons (Fsp3) is 0.733. The average molecular weight is 264 g/mol. The molecule has 0 aliphatic rings. The van der Waals surface area contributed by atoms with Gasteiger partial charge in [-0.3, -0.25) is 0 Å². The third-order valence-corrected chi connectivity index (χ3v) is 3.53. The van der Waals surface area contributed by atoms with Crippen molar-refractivity contribution in [2.45, 2.75) is 53.9 Å². The molecule has 0 aliphatic carbocycles. The Morgan fingerprint density at radius 1 is 1.05 bits per heavy atom. The van der Waals surface area contributed by atoms with E-state index in [1.165, 1.54) is 5.56 Å². The van der Waals surface area contributed by atoms with E-state index in [0.29, 0.717) is 0 Å². The zero-order valence-corrected chi connectivity index (χ0v) is 13.0. The molecule has 19 heavy (non-hydrogen) atoms. The van der Waals surface area contributed by atoms with Crippen molar-refractivity contribution in [3.8, 4) is 0 Å². The lowest BCUT2D eigenvalue weighted by atomic mass is 9.90. The van der Waals surface area contributed by atoms with E-state index >= 15 is 0 Å². The van der Waals surface area contributed by atoms with E-state index in [2.05, 4.69) is 55.2 Å². The van der Waals surface area contributed by atoms with Crippen LogP contribution in [0.5, 0.6) is 0 Å². The van der Waals surface area contributed by atoms with Gasteiger partial charge in [0.05, 0.1) is 0 Å². The van der Waals surface area contributed by atoms with E-state index in [1.807, 2.05) is 0 Å². The predicted molar refractivity (Wildman–Crippen MR) is 82.8 cm³/mol. The second kappa shape index (κ2) is 7.31. The van der Waals surface area contributed by atoms with Gasteiger partial charge >= 0.3 is 0 Å². The van der Waals surface area contributed by atoms with Crippen LogP contribution in [0.15, 0.2) is 6.33 Å². The average Bonchev–Trinajstić information content (AvgIpc) is 2.42. The molecule has 0 aliphatic heterocycles. The molecule has 0 radical (unpaired) electrons. The minimum Gasteiger partial charge on any atom is -0.370 e. The van der Waals surface area contributed by atoms with Crippen LogP contribution < -0.4 is 10.6 Å². The summed E-state index contributed by atoms with van der Waals surface area (Å²) >= 11 is 0. The van der Waals surface area contributed by atoms with Gasteiger partial charge in [0.25, 0.3) is 0 Å². The molecule has 0 saturated carbocycles. The molecule has 0 unspecified atom stereocenters. The number of anilines is 2. The highest BCUT2D eigenvalue weighted by Gasteiger charge is 2.16. The van der Waals surface area contributed by atoms with E-state index in [0.717, 1.165) is 44.0 Å². The summed E-state index contributed by atoms with van der Waals surface area (Å²) in [5, 5.41) is 6.86. The standard InChI is InChI=1S/C15H28N4/c1-6-9-16-13-12(7-2)14(19-11-18-13)17-10-15(4,5)8-3/h11H,6-10H2,1-5H3,(H2,16,17,18,19). The quantitative estimate of drug-likeness (QED) is 0.751. The largest absolute Gasteiger partial charge is 0.370 e.